The Hall–Kier alpha value is -0.274. The second-order valence-electron chi connectivity index (χ2n) is 2.66. The number of halogens is 1. The molecule has 15 heavy (non-hydrogen) atoms. The molecule has 74 valence electrons. The number of alkyl halides is 1. The van der Waals surface area contributed by atoms with Crippen molar-refractivity contribution < 1.29 is 66.7 Å². The summed E-state index contributed by atoms with van der Waals surface area (Å²) in [7, 11) is 0. The number of aromatic amines is 1. The van der Waals surface area contributed by atoms with Gasteiger partial charge in [0, 0.05) is 12.4 Å². The molecule has 0 amide bonds. The quantitative estimate of drug-likeness (QED) is 0.511. The number of aromatic nitrogens is 2. The second kappa shape index (κ2) is 5.71. The smallest absolute Gasteiger partial charge is 1.00 e. The fourth-order valence-electron chi connectivity index (χ4n) is 1.16. The first-order valence-corrected chi connectivity index (χ1v) is 4.00. The maximum atomic E-state index is 11.9. The molecule has 0 saturated heterocycles. The number of carbonyl (C=O) groups excluding carboxylic acids is 1. The third-order valence-corrected chi connectivity index (χ3v) is 1.73. The minimum absolute atomic E-state index is 0. The van der Waals surface area contributed by atoms with Crippen LogP contribution in [-0.2, 0) is 4.79 Å². The van der Waals surface area contributed by atoms with E-state index in [1.807, 2.05) is 0 Å². The summed E-state index contributed by atoms with van der Waals surface area (Å²) in [6.45, 7) is -1.14. The van der Waals surface area contributed by atoms with Crippen molar-refractivity contribution in [2.45, 2.75) is 0 Å². The first-order chi connectivity index (χ1) is 6.81. The van der Waals surface area contributed by atoms with Gasteiger partial charge in [0.2, 0.25) is 0 Å². The molecule has 0 radical (unpaired) electrons. The summed E-state index contributed by atoms with van der Waals surface area (Å²) in [6.07, 6.45) is 3.05. The average Bonchev–Trinajstić information content (AvgIpc) is 2.62. The van der Waals surface area contributed by atoms with Crippen LogP contribution in [0.25, 0.3) is 11.0 Å². The number of nitrogens with zero attached hydrogens (tertiary/aromatic N) is 1. The molecular formula is C9H8FKN2O2. The van der Waals surface area contributed by atoms with E-state index in [-0.39, 0.29) is 58.6 Å². The number of esters is 1. The molecule has 6 heteroatoms. The number of nitrogens with one attached hydrogen (secondary N) is 1. The van der Waals surface area contributed by atoms with Gasteiger partial charge in [-0.2, -0.15) is 0 Å². The SMILES string of the molecule is O=C(CF)Oc1c[nH]c2cccnc12.[H-].[K+]. The van der Waals surface area contributed by atoms with Gasteiger partial charge >= 0.3 is 57.4 Å². The van der Waals surface area contributed by atoms with Crippen molar-refractivity contribution in [2.24, 2.45) is 0 Å². The van der Waals surface area contributed by atoms with Crippen LogP contribution in [0.5, 0.6) is 5.75 Å². The predicted molar refractivity (Wildman–Crippen MR) is 48.8 cm³/mol. The molecule has 2 aromatic heterocycles. The van der Waals surface area contributed by atoms with Gasteiger partial charge in [-0.3, -0.25) is 4.98 Å². The van der Waals surface area contributed by atoms with E-state index < -0.39 is 12.6 Å². The first kappa shape index (κ1) is 12.8. The molecule has 1 N–H and O–H groups in total. The number of ether oxygens (including phenoxy) is 1. The Kier molecular flexibility index (Phi) is 4.87. The Morgan fingerprint density at radius 2 is 2.47 bits per heavy atom. The van der Waals surface area contributed by atoms with Crippen LogP contribution >= 0.6 is 0 Å². The molecule has 2 rings (SSSR count). The third kappa shape index (κ3) is 2.85. The van der Waals surface area contributed by atoms with Crippen molar-refractivity contribution in [3.63, 3.8) is 0 Å². The summed E-state index contributed by atoms with van der Waals surface area (Å²) < 4.78 is 16.6. The number of hydrogen-bond acceptors (Lipinski definition) is 3. The van der Waals surface area contributed by atoms with Crippen LogP contribution in [-0.4, -0.2) is 22.6 Å². The molecule has 2 aromatic rings. The average molecular weight is 234 g/mol. The van der Waals surface area contributed by atoms with E-state index in [2.05, 4.69) is 9.97 Å². The van der Waals surface area contributed by atoms with Crippen LogP contribution in [0.2, 0.25) is 0 Å². The molecule has 0 fully saturated rings. The summed E-state index contributed by atoms with van der Waals surface area (Å²) in [6, 6.07) is 3.54. The van der Waals surface area contributed by atoms with Crippen LogP contribution in [0, 0.1) is 0 Å². The zero-order valence-electron chi connectivity index (χ0n) is 9.16. The molecule has 0 aliphatic rings. The van der Waals surface area contributed by atoms with Gasteiger partial charge < -0.3 is 11.1 Å². The van der Waals surface area contributed by atoms with Crippen LogP contribution in [0.1, 0.15) is 1.43 Å². The van der Waals surface area contributed by atoms with Gasteiger partial charge in [-0.25, -0.2) is 9.18 Å². The number of fused-ring (bicyclic) bond motifs is 1. The van der Waals surface area contributed by atoms with Gasteiger partial charge in [-0.1, -0.05) is 0 Å². The van der Waals surface area contributed by atoms with Crippen molar-refractivity contribution in [1.82, 2.24) is 9.97 Å². The molecule has 2 heterocycles. The number of hydrogen-bond donors (Lipinski definition) is 1. The topological polar surface area (TPSA) is 55.0 Å². The predicted octanol–water partition coefficient (Wildman–Crippen LogP) is -1.45. The van der Waals surface area contributed by atoms with E-state index in [1.165, 1.54) is 6.20 Å². The molecular weight excluding hydrogens is 226 g/mol. The number of pyridine rings is 1. The Labute approximate surface area is 129 Å². The summed E-state index contributed by atoms with van der Waals surface area (Å²) >= 11 is 0. The molecule has 0 bridgehead atoms. The van der Waals surface area contributed by atoms with Crippen LogP contribution in [0.3, 0.4) is 0 Å². The number of H-pyrrole nitrogens is 1. The third-order valence-electron chi connectivity index (χ3n) is 1.73. The molecule has 0 aliphatic heterocycles. The molecule has 4 nitrogen and oxygen atoms in total. The standard InChI is InChI=1S/C9H7FN2O2.K.H/c10-4-8(13)14-7-5-12-6-2-1-3-11-9(6)7;;/h1-3,5,12H,4H2;;/q;+1;-1. The van der Waals surface area contributed by atoms with Crippen molar-refractivity contribution >= 4 is 17.0 Å². The van der Waals surface area contributed by atoms with E-state index in [9.17, 15) is 9.18 Å². The van der Waals surface area contributed by atoms with Gasteiger partial charge in [0.05, 0.1) is 5.52 Å². The normalized spacial score (nSPS) is 9.67. The van der Waals surface area contributed by atoms with Crippen molar-refractivity contribution in [1.29, 1.82) is 0 Å². The monoisotopic (exact) mass is 234 g/mol. The summed E-state index contributed by atoms with van der Waals surface area (Å²) in [5.41, 5.74) is 1.27. The molecule has 0 saturated carbocycles. The minimum atomic E-state index is -1.14. The van der Waals surface area contributed by atoms with E-state index in [0.717, 1.165) is 5.52 Å². The van der Waals surface area contributed by atoms with Crippen molar-refractivity contribution in [3.8, 4) is 5.75 Å². The zero-order valence-corrected chi connectivity index (χ0v) is 11.3. The van der Waals surface area contributed by atoms with Gasteiger partial charge in [0.1, 0.15) is 5.52 Å². The van der Waals surface area contributed by atoms with Crippen molar-refractivity contribution in [2.75, 3.05) is 6.67 Å². The van der Waals surface area contributed by atoms with E-state index in [0.29, 0.717) is 5.52 Å². The van der Waals surface area contributed by atoms with Crippen molar-refractivity contribution in [3.05, 3.63) is 24.5 Å². The molecule has 0 aliphatic carbocycles. The maximum absolute atomic E-state index is 11.9. The molecule has 0 aromatic carbocycles. The zero-order chi connectivity index (χ0) is 9.97. The van der Waals surface area contributed by atoms with Gasteiger partial charge in [-0.15, -0.1) is 0 Å². The Morgan fingerprint density at radius 3 is 3.20 bits per heavy atom. The maximum Gasteiger partial charge on any atom is 1.00 e. The Morgan fingerprint density at radius 1 is 1.67 bits per heavy atom. The van der Waals surface area contributed by atoms with Crippen LogP contribution < -0.4 is 56.1 Å². The van der Waals surface area contributed by atoms with E-state index in [1.54, 1.807) is 18.3 Å². The number of carbonyl (C=O) groups is 1. The summed E-state index contributed by atoms with van der Waals surface area (Å²) in [5, 5.41) is 0. The molecule has 0 spiro atoms. The van der Waals surface area contributed by atoms with Crippen LogP contribution in [0.15, 0.2) is 24.5 Å². The Balaban J connectivity index is 0.00000112. The first-order valence-electron chi connectivity index (χ1n) is 4.00. The minimum Gasteiger partial charge on any atom is -1.00 e. The largest absolute Gasteiger partial charge is 1.00 e. The number of rotatable bonds is 2. The van der Waals surface area contributed by atoms with Gasteiger partial charge in [0.15, 0.2) is 12.4 Å². The van der Waals surface area contributed by atoms with Gasteiger partial charge in [-0.05, 0) is 12.1 Å². The van der Waals surface area contributed by atoms with Crippen LogP contribution in [0.4, 0.5) is 4.39 Å². The summed E-state index contributed by atoms with van der Waals surface area (Å²) in [5.74, 6) is -0.667. The van der Waals surface area contributed by atoms with Gasteiger partial charge in [0.25, 0.3) is 0 Å². The fourth-order valence-corrected chi connectivity index (χ4v) is 1.16. The Bertz CT molecular complexity index is 477. The molecule has 0 atom stereocenters. The van der Waals surface area contributed by atoms with E-state index >= 15 is 0 Å². The summed E-state index contributed by atoms with van der Waals surface area (Å²) in [4.78, 5) is 17.5. The fraction of sp³-hybridized carbons (Fsp3) is 0.111. The molecule has 0 unspecified atom stereocenters. The van der Waals surface area contributed by atoms with E-state index in [4.69, 9.17) is 4.74 Å². The second-order valence-corrected chi connectivity index (χ2v) is 2.66.